The SMILES string of the molecule is Cc1ccccc1-n1nc(C(=O)NC2CCCNC2)c2c1CCC2.Cl. The van der Waals surface area contributed by atoms with E-state index in [-0.39, 0.29) is 24.4 Å². The van der Waals surface area contributed by atoms with Crippen LogP contribution in [0.5, 0.6) is 0 Å². The molecule has 0 spiro atoms. The maximum atomic E-state index is 12.8. The smallest absolute Gasteiger partial charge is 0.272 e. The van der Waals surface area contributed by atoms with Gasteiger partial charge in [-0.1, -0.05) is 18.2 Å². The number of rotatable bonds is 3. The number of amides is 1. The quantitative estimate of drug-likeness (QED) is 0.884. The Hall–Kier alpha value is -1.85. The summed E-state index contributed by atoms with van der Waals surface area (Å²) in [5.41, 5.74) is 5.22. The molecule has 1 unspecified atom stereocenters. The van der Waals surface area contributed by atoms with Crippen LogP contribution in [-0.4, -0.2) is 34.8 Å². The summed E-state index contributed by atoms with van der Waals surface area (Å²) in [5.74, 6) is -0.0193. The molecule has 0 saturated carbocycles. The third kappa shape index (κ3) is 3.44. The second-order valence-corrected chi connectivity index (χ2v) is 6.84. The van der Waals surface area contributed by atoms with Crippen molar-refractivity contribution in [3.63, 3.8) is 0 Å². The van der Waals surface area contributed by atoms with E-state index in [9.17, 15) is 4.79 Å². The van der Waals surface area contributed by atoms with E-state index in [0.717, 1.165) is 56.4 Å². The molecule has 1 aromatic carbocycles. The normalized spacial score (nSPS) is 19.2. The highest BCUT2D eigenvalue weighted by atomic mass is 35.5. The van der Waals surface area contributed by atoms with Gasteiger partial charge in [-0.3, -0.25) is 4.79 Å². The third-order valence-corrected chi connectivity index (χ3v) is 5.12. The Labute approximate surface area is 154 Å². The van der Waals surface area contributed by atoms with Crippen molar-refractivity contribution < 1.29 is 4.79 Å². The lowest BCUT2D eigenvalue weighted by molar-refractivity contribution is 0.0924. The predicted molar refractivity (Wildman–Crippen MR) is 101 cm³/mol. The minimum atomic E-state index is -0.0193. The van der Waals surface area contributed by atoms with Crippen LogP contribution in [0, 0.1) is 6.92 Å². The molecule has 2 N–H and O–H groups in total. The van der Waals surface area contributed by atoms with Crippen molar-refractivity contribution in [2.45, 2.75) is 45.1 Å². The van der Waals surface area contributed by atoms with E-state index in [0.29, 0.717) is 5.69 Å². The van der Waals surface area contributed by atoms with Crippen LogP contribution < -0.4 is 10.6 Å². The fourth-order valence-corrected chi connectivity index (χ4v) is 3.85. The molecule has 2 aromatic rings. The molecule has 0 bridgehead atoms. The molecule has 4 rings (SSSR count). The highest BCUT2D eigenvalue weighted by molar-refractivity contribution is 5.94. The summed E-state index contributed by atoms with van der Waals surface area (Å²) in [4.78, 5) is 12.8. The third-order valence-electron chi connectivity index (χ3n) is 5.12. The summed E-state index contributed by atoms with van der Waals surface area (Å²) in [6, 6.07) is 8.44. The number of fused-ring (bicyclic) bond motifs is 1. The highest BCUT2D eigenvalue weighted by Gasteiger charge is 2.28. The van der Waals surface area contributed by atoms with Crippen molar-refractivity contribution in [3.8, 4) is 5.69 Å². The summed E-state index contributed by atoms with van der Waals surface area (Å²) < 4.78 is 1.99. The Morgan fingerprint density at radius 1 is 1.28 bits per heavy atom. The van der Waals surface area contributed by atoms with Crippen LogP contribution in [0.25, 0.3) is 5.69 Å². The maximum Gasteiger partial charge on any atom is 0.272 e. The van der Waals surface area contributed by atoms with Gasteiger partial charge in [-0.05, 0) is 57.2 Å². The van der Waals surface area contributed by atoms with E-state index >= 15 is 0 Å². The zero-order valence-corrected chi connectivity index (χ0v) is 15.4. The fraction of sp³-hybridized carbons (Fsp3) is 0.474. The first-order valence-electron chi connectivity index (χ1n) is 8.92. The van der Waals surface area contributed by atoms with Gasteiger partial charge >= 0.3 is 0 Å². The average molecular weight is 361 g/mol. The molecule has 134 valence electrons. The van der Waals surface area contributed by atoms with Gasteiger partial charge in [-0.15, -0.1) is 12.4 Å². The summed E-state index contributed by atoms with van der Waals surface area (Å²) in [6.45, 7) is 3.99. The number of halogens is 1. The summed E-state index contributed by atoms with van der Waals surface area (Å²) >= 11 is 0. The minimum Gasteiger partial charge on any atom is -0.347 e. The van der Waals surface area contributed by atoms with Gasteiger partial charge in [0.05, 0.1) is 5.69 Å². The number of nitrogens with zero attached hydrogens (tertiary/aromatic N) is 2. The second-order valence-electron chi connectivity index (χ2n) is 6.84. The Balaban J connectivity index is 0.00000182. The molecule has 2 aliphatic rings. The van der Waals surface area contributed by atoms with E-state index < -0.39 is 0 Å². The Morgan fingerprint density at radius 3 is 2.88 bits per heavy atom. The van der Waals surface area contributed by atoms with Crippen LogP contribution in [0.2, 0.25) is 0 Å². The number of aromatic nitrogens is 2. The number of hydrogen-bond donors (Lipinski definition) is 2. The highest BCUT2D eigenvalue weighted by Crippen LogP contribution is 2.28. The lowest BCUT2D eigenvalue weighted by Gasteiger charge is -2.23. The molecular weight excluding hydrogens is 336 g/mol. The van der Waals surface area contributed by atoms with Crippen LogP contribution in [0.15, 0.2) is 24.3 Å². The number of aryl methyl sites for hydroxylation is 1. The number of benzene rings is 1. The Bertz CT molecular complexity index is 765. The number of carbonyl (C=O) groups is 1. The summed E-state index contributed by atoms with van der Waals surface area (Å²) in [7, 11) is 0. The van der Waals surface area contributed by atoms with Gasteiger partial charge in [-0.2, -0.15) is 5.10 Å². The number of hydrogen-bond acceptors (Lipinski definition) is 3. The first-order chi connectivity index (χ1) is 11.7. The van der Waals surface area contributed by atoms with Gasteiger partial charge in [0, 0.05) is 23.8 Å². The van der Waals surface area contributed by atoms with Crippen LogP contribution in [-0.2, 0) is 12.8 Å². The van der Waals surface area contributed by atoms with Crippen LogP contribution in [0.3, 0.4) is 0 Å². The zero-order chi connectivity index (χ0) is 16.5. The minimum absolute atomic E-state index is 0. The van der Waals surface area contributed by atoms with Crippen molar-refractivity contribution in [3.05, 3.63) is 46.8 Å². The molecule has 1 saturated heterocycles. The van der Waals surface area contributed by atoms with Crippen LogP contribution in [0.1, 0.15) is 46.6 Å². The number of carbonyl (C=O) groups excluding carboxylic acids is 1. The van der Waals surface area contributed by atoms with E-state index in [1.165, 1.54) is 11.3 Å². The molecule has 1 amide bonds. The molecule has 2 heterocycles. The lowest BCUT2D eigenvalue weighted by Crippen LogP contribution is -2.45. The fourth-order valence-electron chi connectivity index (χ4n) is 3.85. The number of para-hydroxylation sites is 1. The average Bonchev–Trinajstić information content (AvgIpc) is 3.19. The first-order valence-corrected chi connectivity index (χ1v) is 8.92. The van der Waals surface area contributed by atoms with Gasteiger partial charge in [0.2, 0.25) is 0 Å². The maximum absolute atomic E-state index is 12.8. The topological polar surface area (TPSA) is 59.0 Å². The second kappa shape index (κ2) is 7.58. The standard InChI is InChI=1S/C19H24N4O.ClH/c1-13-6-2-3-9-16(13)23-17-10-4-8-15(17)18(22-23)19(24)21-14-7-5-11-20-12-14;/h2-3,6,9,14,20H,4-5,7-8,10-12H2,1H3,(H,21,24);1H. The summed E-state index contributed by atoms with van der Waals surface area (Å²) in [6.07, 6.45) is 5.20. The molecule has 5 nitrogen and oxygen atoms in total. The molecule has 1 fully saturated rings. The summed E-state index contributed by atoms with van der Waals surface area (Å²) in [5, 5.41) is 11.2. The van der Waals surface area contributed by atoms with Crippen molar-refractivity contribution in [1.82, 2.24) is 20.4 Å². The molecule has 1 aliphatic carbocycles. The lowest BCUT2D eigenvalue weighted by atomic mass is 10.1. The Morgan fingerprint density at radius 2 is 2.12 bits per heavy atom. The van der Waals surface area contributed by atoms with E-state index in [2.05, 4.69) is 29.7 Å². The van der Waals surface area contributed by atoms with E-state index in [4.69, 9.17) is 5.10 Å². The van der Waals surface area contributed by atoms with Crippen molar-refractivity contribution >= 4 is 18.3 Å². The molecule has 25 heavy (non-hydrogen) atoms. The van der Waals surface area contributed by atoms with Gasteiger partial charge in [0.25, 0.3) is 5.91 Å². The molecule has 0 radical (unpaired) electrons. The molecule has 1 atom stereocenters. The van der Waals surface area contributed by atoms with Gasteiger partial charge < -0.3 is 10.6 Å². The van der Waals surface area contributed by atoms with Crippen LogP contribution in [0.4, 0.5) is 0 Å². The van der Waals surface area contributed by atoms with Crippen molar-refractivity contribution in [2.75, 3.05) is 13.1 Å². The van der Waals surface area contributed by atoms with Crippen LogP contribution >= 0.6 is 12.4 Å². The molecule has 1 aromatic heterocycles. The molecule has 6 heteroatoms. The first kappa shape index (κ1) is 18.0. The van der Waals surface area contributed by atoms with Gasteiger partial charge in [-0.25, -0.2) is 4.68 Å². The zero-order valence-electron chi connectivity index (χ0n) is 14.5. The molecule has 1 aliphatic heterocycles. The largest absolute Gasteiger partial charge is 0.347 e. The monoisotopic (exact) mass is 360 g/mol. The Kier molecular flexibility index (Phi) is 5.45. The van der Waals surface area contributed by atoms with E-state index in [1.54, 1.807) is 0 Å². The van der Waals surface area contributed by atoms with Gasteiger partial charge in [0.1, 0.15) is 0 Å². The van der Waals surface area contributed by atoms with Crippen molar-refractivity contribution in [1.29, 1.82) is 0 Å². The number of nitrogens with one attached hydrogen (secondary N) is 2. The number of piperidine rings is 1. The molecular formula is C19H25ClN4O. The van der Waals surface area contributed by atoms with Gasteiger partial charge in [0.15, 0.2) is 5.69 Å². The predicted octanol–water partition coefficient (Wildman–Crippen LogP) is 2.57. The van der Waals surface area contributed by atoms with E-state index in [1.807, 2.05) is 16.8 Å². The van der Waals surface area contributed by atoms with Crippen molar-refractivity contribution in [2.24, 2.45) is 0 Å².